The van der Waals surface area contributed by atoms with Crippen molar-refractivity contribution in [1.29, 1.82) is 0 Å². The number of halogens is 2. The van der Waals surface area contributed by atoms with Crippen molar-refractivity contribution in [1.82, 2.24) is 0 Å². The molecule has 0 spiro atoms. The van der Waals surface area contributed by atoms with Gasteiger partial charge in [-0.1, -0.05) is 47.5 Å². The Morgan fingerprint density at radius 3 is 2.50 bits per heavy atom. The first-order valence-electron chi connectivity index (χ1n) is 4.85. The summed E-state index contributed by atoms with van der Waals surface area (Å²) in [6.07, 6.45) is 0. The molecule has 0 unspecified atom stereocenters. The van der Waals surface area contributed by atoms with Crippen molar-refractivity contribution in [3.63, 3.8) is 0 Å². The van der Waals surface area contributed by atoms with Gasteiger partial charge >= 0.3 is 0 Å². The Balaban J connectivity index is 2.64. The molecular formula is C14H6Cl2. The largest absolute Gasteiger partial charge is 0.0836 e. The first-order chi connectivity index (χ1) is 7.77. The van der Waals surface area contributed by atoms with Gasteiger partial charge in [-0.05, 0) is 29.0 Å². The molecule has 3 aromatic rings. The quantitative estimate of drug-likeness (QED) is 0.494. The van der Waals surface area contributed by atoms with Crippen LogP contribution in [0, 0.1) is 12.1 Å². The molecule has 0 atom stereocenters. The lowest BCUT2D eigenvalue weighted by molar-refractivity contribution is 1.74. The summed E-state index contributed by atoms with van der Waals surface area (Å²) in [5.41, 5.74) is 0. The van der Waals surface area contributed by atoms with Crippen LogP contribution in [0.4, 0.5) is 0 Å². The first kappa shape index (κ1) is 9.95. The van der Waals surface area contributed by atoms with E-state index < -0.39 is 0 Å². The highest BCUT2D eigenvalue weighted by atomic mass is 35.5. The molecule has 0 N–H and O–H groups in total. The molecule has 2 heteroatoms. The molecule has 0 saturated heterocycles. The highest BCUT2D eigenvalue weighted by Crippen LogP contribution is 2.34. The number of rotatable bonds is 0. The van der Waals surface area contributed by atoms with Gasteiger partial charge in [0.15, 0.2) is 0 Å². The third-order valence-corrected chi connectivity index (χ3v) is 3.29. The van der Waals surface area contributed by atoms with E-state index in [1.165, 1.54) is 0 Å². The Morgan fingerprint density at radius 2 is 1.62 bits per heavy atom. The normalized spacial score (nSPS) is 11.1. The zero-order valence-electron chi connectivity index (χ0n) is 8.22. The summed E-state index contributed by atoms with van der Waals surface area (Å²) < 4.78 is 0. The van der Waals surface area contributed by atoms with Crippen LogP contribution in [0.3, 0.4) is 0 Å². The minimum absolute atomic E-state index is 0.606. The van der Waals surface area contributed by atoms with Gasteiger partial charge < -0.3 is 0 Å². The van der Waals surface area contributed by atoms with Gasteiger partial charge in [-0.2, -0.15) is 0 Å². The van der Waals surface area contributed by atoms with Crippen molar-refractivity contribution in [2.45, 2.75) is 0 Å². The van der Waals surface area contributed by atoms with E-state index in [2.05, 4.69) is 12.1 Å². The molecule has 0 aromatic heterocycles. The van der Waals surface area contributed by atoms with Crippen LogP contribution in [0.2, 0.25) is 10.0 Å². The lowest BCUT2D eigenvalue weighted by Crippen LogP contribution is -1.80. The van der Waals surface area contributed by atoms with Gasteiger partial charge in [0.05, 0.1) is 5.02 Å². The van der Waals surface area contributed by atoms with Crippen LogP contribution >= 0.6 is 23.2 Å². The minimum atomic E-state index is 0.606. The summed E-state index contributed by atoms with van der Waals surface area (Å²) in [5, 5.41) is 5.43. The molecule has 0 fully saturated rings. The molecule has 0 aliphatic rings. The smallest absolute Gasteiger partial charge is 0.0564 e. The average Bonchev–Trinajstić information content (AvgIpc) is 2.31. The third-order valence-electron chi connectivity index (χ3n) is 2.67. The van der Waals surface area contributed by atoms with Crippen molar-refractivity contribution in [2.24, 2.45) is 0 Å². The Labute approximate surface area is 103 Å². The van der Waals surface area contributed by atoms with Crippen LogP contribution in [0.15, 0.2) is 36.4 Å². The summed E-state index contributed by atoms with van der Waals surface area (Å²) in [5.74, 6) is 0. The molecule has 0 aliphatic heterocycles. The zero-order valence-corrected chi connectivity index (χ0v) is 9.73. The molecule has 0 amide bonds. The van der Waals surface area contributed by atoms with E-state index in [1.54, 1.807) is 0 Å². The van der Waals surface area contributed by atoms with Crippen molar-refractivity contribution >= 4 is 44.7 Å². The lowest BCUT2D eigenvalue weighted by Gasteiger charge is -2.06. The highest BCUT2D eigenvalue weighted by molar-refractivity contribution is 6.40. The minimum Gasteiger partial charge on any atom is -0.0836 e. The summed E-state index contributed by atoms with van der Waals surface area (Å²) in [4.78, 5) is 0. The van der Waals surface area contributed by atoms with Gasteiger partial charge in [0.25, 0.3) is 0 Å². The zero-order chi connectivity index (χ0) is 11.1. The number of hydrogen-bond donors (Lipinski definition) is 0. The van der Waals surface area contributed by atoms with Crippen LogP contribution in [0.25, 0.3) is 21.5 Å². The maximum atomic E-state index is 6.22. The van der Waals surface area contributed by atoms with Crippen molar-refractivity contribution in [3.05, 3.63) is 58.6 Å². The van der Waals surface area contributed by atoms with Gasteiger partial charge in [0.2, 0.25) is 0 Å². The molecule has 3 aromatic carbocycles. The summed E-state index contributed by atoms with van der Waals surface area (Å²) in [7, 11) is 0. The first-order valence-corrected chi connectivity index (χ1v) is 5.61. The Bertz CT molecular complexity index is 681. The molecule has 0 bridgehead atoms. The number of fused-ring (bicyclic) bond motifs is 3. The van der Waals surface area contributed by atoms with Crippen LogP contribution < -0.4 is 0 Å². The Kier molecular flexibility index (Phi) is 2.27. The summed E-state index contributed by atoms with van der Waals surface area (Å²) in [6.45, 7) is 0. The van der Waals surface area contributed by atoms with Crippen molar-refractivity contribution in [3.8, 4) is 0 Å². The van der Waals surface area contributed by atoms with E-state index in [0.717, 1.165) is 21.5 Å². The van der Waals surface area contributed by atoms with E-state index in [0.29, 0.717) is 10.0 Å². The molecule has 2 radical (unpaired) electrons. The van der Waals surface area contributed by atoms with E-state index >= 15 is 0 Å². The second kappa shape index (κ2) is 3.65. The van der Waals surface area contributed by atoms with Crippen LogP contribution in [0.5, 0.6) is 0 Å². The second-order valence-electron chi connectivity index (χ2n) is 3.58. The van der Waals surface area contributed by atoms with Gasteiger partial charge in [-0.25, -0.2) is 0 Å². The van der Waals surface area contributed by atoms with Crippen LogP contribution in [0.1, 0.15) is 0 Å². The predicted octanol–water partition coefficient (Wildman–Crippen LogP) is 4.90. The lowest BCUT2D eigenvalue weighted by atomic mass is 10.0. The van der Waals surface area contributed by atoms with Crippen molar-refractivity contribution in [2.75, 3.05) is 0 Å². The second-order valence-corrected chi connectivity index (χ2v) is 4.37. The SMILES string of the molecule is Clc1[c]ccc2c1cc(Cl)c1c[c]ccc12. The number of hydrogen-bond acceptors (Lipinski definition) is 0. The fourth-order valence-corrected chi connectivity index (χ4v) is 2.41. The van der Waals surface area contributed by atoms with E-state index in [9.17, 15) is 0 Å². The number of benzene rings is 3. The standard InChI is InChI=1S/C14H6Cl2/c15-13-7-3-6-10-9-4-1-2-5-11(9)14(16)8-12(10)13/h1,3-6,8H. The molecule has 16 heavy (non-hydrogen) atoms. The third kappa shape index (κ3) is 1.38. The van der Waals surface area contributed by atoms with Gasteiger partial charge in [0, 0.05) is 21.9 Å². The highest BCUT2D eigenvalue weighted by Gasteiger charge is 2.06. The molecular weight excluding hydrogens is 239 g/mol. The average molecular weight is 245 g/mol. The molecule has 0 saturated carbocycles. The fourth-order valence-electron chi connectivity index (χ4n) is 1.93. The monoisotopic (exact) mass is 244 g/mol. The summed E-state index contributed by atoms with van der Waals surface area (Å²) >= 11 is 12.3. The van der Waals surface area contributed by atoms with Gasteiger partial charge in [-0.15, -0.1) is 0 Å². The molecule has 76 valence electrons. The van der Waals surface area contributed by atoms with Gasteiger partial charge in [-0.3, -0.25) is 0 Å². The summed E-state index contributed by atoms with van der Waals surface area (Å²) in [6, 6.07) is 17.5. The van der Waals surface area contributed by atoms with Crippen molar-refractivity contribution < 1.29 is 0 Å². The molecule has 0 nitrogen and oxygen atoms in total. The van der Waals surface area contributed by atoms with Crippen LogP contribution in [-0.4, -0.2) is 0 Å². The Hall–Kier alpha value is -1.24. The molecule has 3 rings (SSSR count). The van der Waals surface area contributed by atoms with E-state index in [-0.39, 0.29) is 0 Å². The maximum Gasteiger partial charge on any atom is 0.0564 e. The predicted molar refractivity (Wildman–Crippen MR) is 69.1 cm³/mol. The topological polar surface area (TPSA) is 0 Å². The molecule has 0 aliphatic carbocycles. The maximum absolute atomic E-state index is 6.22. The molecule has 0 heterocycles. The van der Waals surface area contributed by atoms with E-state index in [1.807, 2.05) is 36.4 Å². The fraction of sp³-hybridized carbons (Fsp3) is 0. The van der Waals surface area contributed by atoms with Gasteiger partial charge in [0.1, 0.15) is 0 Å². The van der Waals surface area contributed by atoms with Crippen LogP contribution in [-0.2, 0) is 0 Å². The van der Waals surface area contributed by atoms with E-state index in [4.69, 9.17) is 23.2 Å². The Morgan fingerprint density at radius 1 is 0.875 bits per heavy atom.